The number of carbonyl (C=O) groups is 1. The zero-order chi connectivity index (χ0) is 25.7. The highest BCUT2D eigenvalue weighted by atomic mass is 16.5. The number of para-hydroxylation sites is 1. The second kappa shape index (κ2) is 11.3. The van der Waals surface area contributed by atoms with Gasteiger partial charge in [0.25, 0.3) is 0 Å². The van der Waals surface area contributed by atoms with Gasteiger partial charge in [-0.25, -0.2) is 4.98 Å². The molecule has 6 rings (SSSR count). The van der Waals surface area contributed by atoms with E-state index in [0.717, 1.165) is 68.4 Å². The van der Waals surface area contributed by atoms with Crippen molar-refractivity contribution in [2.24, 2.45) is 0 Å². The van der Waals surface area contributed by atoms with Crippen LogP contribution in [0.25, 0.3) is 16.9 Å². The number of piperazine rings is 1. The first-order valence-corrected chi connectivity index (χ1v) is 13.4. The normalized spacial score (nSPS) is 17.1. The molecule has 196 valence electrons. The number of benzene rings is 2. The molecule has 0 spiro atoms. The average molecular weight is 511 g/mol. The van der Waals surface area contributed by atoms with Gasteiger partial charge in [-0.2, -0.15) is 0 Å². The van der Waals surface area contributed by atoms with Crippen LogP contribution in [0.4, 0.5) is 11.4 Å². The number of pyridine rings is 1. The Morgan fingerprint density at radius 3 is 2.32 bits per heavy atom. The molecule has 2 aromatic heterocycles. The minimum atomic E-state index is 0.00251. The largest absolute Gasteiger partial charge is 0.379 e. The molecule has 0 atom stereocenters. The Bertz CT molecular complexity index is 1360. The fraction of sp³-hybridized carbons (Fsp3) is 0.333. The molecule has 0 aliphatic carbocycles. The molecule has 4 aromatic rings. The van der Waals surface area contributed by atoms with Crippen molar-refractivity contribution in [3.63, 3.8) is 0 Å². The molecule has 0 saturated carbocycles. The summed E-state index contributed by atoms with van der Waals surface area (Å²) in [4.78, 5) is 24.6. The fourth-order valence-corrected chi connectivity index (χ4v) is 5.32. The van der Waals surface area contributed by atoms with Gasteiger partial charge in [-0.1, -0.05) is 36.4 Å². The second-order valence-electron chi connectivity index (χ2n) is 9.95. The molecule has 4 heterocycles. The van der Waals surface area contributed by atoms with Crippen molar-refractivity contribution in [1.82, 2.24) is 19.2 Å². The maximum atomic E-state index is 12.5. The Morgan fingerprint density at radius 2 is 1.55 bits per heavy atom. The lowest BCUT2D eigenvalue weighted by Gasteiger charge is -2.36. The van der Waals surface area contributed by atoms with Crippen LogP contribution in [0.3, 0.4) is 0 Å². The van der Waals surface area contributed by atoms with Gasteiger partial charge in [0.15, 0.2) is 0 Å². The molecule has 0 unspecified atom stereocenters. The van der Waals surface area contributed by atoms with Crippen molar-refractivity contribution < 1.29 is 9.53 Å². The van der Waals surface area contributed by atoms with Crippen LogP contribution in [0.5, 0.6) is 0 Å². The van der Waals surface area contributed by atoms with Crippen LogP contribution >= 0.6 is 0 Å². The Balaban J connectivity index is 1.16. The van der Waals surface area contributed by atoms with Crippen LogP contribution in [0.15, 0.2) is 79.0 Å². The number of carbonyl (C=O) groups excluding carboxylic acids is 1. The molecule has 2 fully saturated rings. The first kappa shape index (κ1) is 24.6. The number of hydrogen-bond acceptors (Lipinski definition) is 6. The maximum Gasteiger partial charge on any atom is 0.238 e. The summed E-state index contributed by atoms with van der Waals surface area (Å²) in [7, 11) is 0. The summed E-state index contributed by atoms with van der Waals surface area (Å²) in [6.07, 6.45) is 2.10. The molecule has 2 aromatic carbocycles. The van der Waals surface area contributed by atoms with Crippen LogP contribution in [0, 0.1) is 0 Å². The van der Waals surface area contributed by atoms with Crippen LogP contribution in [0.2, 0.25) is 0 Å². The molecule has 8 heteroatoms. The Hall–Kier alpha value is -3.72. The highest BCUT2D eigenvalue weighted by Gasteiger charge is 2.22. The molecular weight excluding hydrogens is 476 g/mol. The van der Waals surface area contributed by atoms with E-state index in [-0.39, 0.29) is 5.91 Å². The molecular formula is C30H34N6O2. The van der Waals surface area contributed by atoms with Crippen LogP contribution in [0.1, 0.15) is 5.69 Å². The lowest BCUT2D eigenvalue weighted by atomic mass is 10.1. The van der Waals surface area contributed by atoms with E-state index >= 15 is 0 Å². The van der Waals surface area contributed by atoms with Crippen LogP contribution in [-0.2, 0) is 16.1 Å². The summed E-state index contributed by atoms with van der Waals surface area (Å²) in [5.41, 5.74) is 6.28. The SMILES string of the molecule is O=C(CN1CCOCC1)Nc1ccc(-c2nc3ccccn3c2CN2CCN(c3ccccc3)CC2)cc1. The summed E-state index contributed by atoms with van der Waals surface area (Å²) < 4.78 is 7.58. The molecule has 2 aliphatic rings. The van der Waals surface area contributed by atoms with Crippen LogP contribution in [-0.4, -0.2) is 84.1 Å². The van der Waals surface area contributed by atoms with Crippen LogP contribution < -0.4 is 10.2 Å². The Morgan fingerprint density at radius 1 is 0.816 bits per heavy atom. The smallest absolute Gasteiger partial charge is 0.238 e. The van der Waals surface area contributed by atoms with Crippen molar-refractivity contribution in [3.8, 4) is 11.3 Å². The average Bonchev–Trinajstić information content (AvgIpc) is 3.33. The number of aromatic nitrogens is 2. The van der Waals surface area contributed by atoms with Gasteiger partial charge in [0.05, 0.1) is 31.1 Å². The highest BCUT2D eigenvalue weighted by molar-refractivity contribution is 5.92. The number of fused-ring (bicyclic) bond motifs is 1. The van der Waals surface area contributed by atoms with E-state index in [1.807, 2.05) is 18.2 Å². The number of nitrogens with zero attached hydrogens (tertiary/aromatic N) is 5. The lowest BCUT2D eigenvalue weighted by molar-refractivity contribution is -0.118. The van der Waals surface area contributed by atoms with E-state index in [2.05, 4.69) is 85.2 Å². The number of amides is 1. The quantitative estimate of drug-likeness (QED) is 0.410. The molecule has 0 bridgehead atoms. The summed E-state index contributed by atoms with van der Waals surface area (Å²) in [5.74, 6) is 0.00251. The molecule has 1 N–H and O–H groups in total. The van der Waals surface area contributed by atoms with Gasteiger partial charge >= 0.3 is 0 Å². The molecule has 38 heavy (non-hydrogen) atoms. The highest BCUT2D eigenvalue weighted by Crippen LogP contribution is 2.28. The number of morpholine rings is 1. The van der Waals surface area contributed by atoms with Crippen molar-refractivity contribution in [1.29, 1.82) is 0 Å². The van der Waals surface area contributed by atoms with E-state index in [1.54, 1.807) is 0 Å². The van der Waals surface area contributed by atoms with Gasteiger partial charge in [0, 0.05) is 68.9 Å². The predicted molar refractivity (Wildman–Crippen MR) is 150 cm³/mol. The third kappa shape index (κ3) is 5.57. The Labute approximate surface area is 223 Å². The molecule has 1 amide bonds. The van der Waals surface area contributed by atoms with Gasteiger partial charge in [-0.15, -0.1) is 0 Å². The number of anilines is 2. The van der Waals surface area contributed by atoms with E-state index < -0.39 is 0 Å². The monoisotopic (exact) mass is 510 g/mol. The topological polar surface area (TPSA) is 65.4 Å². The van der Waals surface area contributed by atoms with E-state index in [9.17, 15) is 4.79 Å². The van der Waals surface area contributed by atoms with Crippen molar-refractivity contribution in [2.75, 3.05) is 69.2 Å². The van der Waals surface area contributed by atoms with Crippen molar-refractivity contribution in [2.45, 2.75) is 6.54 Å². The predicted octanol–water partition coefficient (Wildman–Crippen LogP) is 3.59. The van der Waals surface area contributed by atoms with E-state index in [1.165, 1.54) is 11.4 Å². The third-order valence-electron chi connectivity index (χ3n) is 7.41. The lowest BCUT2D eigenvalue weighted by Crippen LogP contribution is -2.46. The number of hydrogen-bond donors (Lipinski definition) is 1. The summed E-state index contributed by atoms with van der Waals surface area (Å²) in [6.45, 7) is 8.21. The van der Waals surface area contributed by atoms with Gasteiger partial charge in [0.2, 0.25) is 5.91 Å². The summed E-state index contributed by atoms with van der Waals surface area (Å²) >= 11 is 0. The number of ether oxygens (including phenoxy) is 1. The first-order chi connectivity index (χ1) is 18.7. The van der Waals surface area contributed by atoms with Gasteiger partial charge in [-0.05, 0) is 36.4 Å². The minimum absolute atomic E-state index is 0.00251. The first-order valence-electron chi connectivity index (χ1n) is 13.4. The van der Waals surface area contributed by atoms with E-state index in [4.69, 9.17) is 9.72 Å². The second-order valence-corrected chi connectivity index (χ2v) is 9.95. The molecule has 8 nitrogen and oxygen atoms in total. The summed E-state index contributed by atoms with van der Waals surface area (Å²) in [6, 6.07) is 24.9. The van der Waals surface area contributed by atoms with Crippen molar-refractivity contribution in [3.05, 3.63) is 84.7 Å². The fourth-order valence-electron chi connectivity index (χ4n) is 5.32. The van der Waals surface area contributed by atoms with Gasteiger partial charge in [-0.3, -0.25) is 14.6 Å². The number of imidazole rings is 1. The third-order valence-corrected chi connectivity index (χ3v) is 7.41. The summed E-state index contributed by atoms with van der Waals surface area (Å²) in [5, 5.41) is 3.03. The van der Waals surface area contributed by atoms with E-state index in [0.29, 0.717) is 19.8 Å². The Kier molecular flexibility index (Phi) is 7.35. The number of nitrogens with one attached hydrogen (secondary N) is 1. The zero-order valence-electron chi connectivity index (χ0n) is 21.6. The molecule has 2 aliphatic heterocycles. The van der Waals surface area contributed by atoms with Gasteiger partial charge in [0.1, 0.15) is 5.65 Å². The molecule has 0 radical (unpaired) electrons. The number of rotatable bonds is 7. The zero-order valence-corrected chi connectivity index (χ0v) is 21.6. The molecule has 2 saturated heterocycles. The van der Waals surface area contributed by atoms with Gasteiger partial charge < -0.3 is 19.4 Å². The minimum Gasteiger partial charge on any atom is -0.379 e. The maximum absolute atomic E-state index is 12.5. The van der Waals surface area contributed by atoms with Crippen molar-refractivity contribution >= 4 is 22.9 Å². The standard InChI is InChI=1S/C30H34N6O2/c37-29(23-34-18-20-38-21-19-34)31-25-11-9-24(10-12-25)30-27(36-13-5-4-8-28(36)32-30)22-33-14-16-35(17-15-33)26-6-2-1-3-7-26/h1-13H,14-23H2,(H,31,37).